The maximum Gasteiger partial charge on any atom is 0.171 e. The molecule has 0 aliphatic rings. The Balaban J connectivity index is 2.58. The molecular formula is C12H17BrN2OS. The zero-order valence-corrected chi connectivity index (χ0v) is 12.6. The van der Waals surface area contributed by atoms with Crippen molar-refractivity contribution in [3.63, 3.8) is 0 Å². The molecule has 0 aliphatic heterocycles. The summed E-state index contributed by atoms with van der Waals surface area (Å²) >= 11 is 8.71. The maximum absolute atomic E-state index is 5.23. The van der Waals surface area contributed by atoms with Gasteiger partial charge >= 0.3 is 0 Å². The minimum atomic E-state index is 0.184. The predicted octanol–water partition coefficient (Wildman–Crippen LogP) is 3.08. The molecule has 0 heterocycles. The monoisotopic (exact) mass is 316 g/mol. The van der Waals surface area contributed by atoms with Gasteiger partial charge in [-0.25, -0.2) is 0 Å². The Kier molecular flexibility index (Phi) is 5.88. The van der Waals surface area contributed by atoms with Crippen molar-refractivity contribution in [1.82, 2.24) is 5.32 Å². The molecule has 0 amide bonds. The zero-order chi connectivity index (χ0) is 12.8. The highest BCUT2D eigenvalue weighted by Crippen LogP contribution is 2.23. The molecular weight excluding hydrogens is 300 g/mol. The van der Waals surface area contributed by atoms with E-state index in [0.717, 1.165) is 10.2 Å². The van der Waals surface area contributed by atoms with Gasteiger partial charge in [-0.05, 0) is 59.7 Å². The summed E-state index contributed by atoms with van der Waals surface area (Å²) in [6, 6.07) is 6.26. The molecule has 0 bridgehead atoms. The minimum Gasteiger partial charge on any atom is -0.383 e. The Morgan fingerprint density at radius 3 is 2.88 bits per heavy atom. The molecule has 1 unspecified atom stereocenters. The third-order valence-corrected chi connectivity index (χ3v) is 3.08. The number of halogens is 1. The molecule has 5 heteroatoms. The fraction of sp³-hybridized carbons (Fsp3) is 0.417. The van der Waals surface area contributed by atoms with Crippen LogP contribution in [-0.4, -0.2) is 24.9 Å². The molecule has 2 N–H and O–H groups in total. The molecule has 0 radical (unpaired) electrons. The van der Waals surface area contributed by atoms with Gasteiger partial charge in [0, 0.05) is 17.6 Å². The van der Waals surface area contributed by atoms with E-state index in [1.54, 1.807) is 7.11 Å². The lowest BCUT2D eigenvalue weighted by atomic mass is 10.2. The summed E-state index contributed by atoms with van der Waals surface area (Å²) in [6.07, 6.45) is 0. The first kappa shape index (κ1) is 14.4. The number of nitrogens with one attached hydrogen (secondary N) is 2. The van der Waals surface area contributed by atoms with Crippen LogP contribution in [0.4, 0.5) is 5.69 Å². The Labute approximate surface area is 116 Å². The molecule has 17 heavy (non-hydrogen) atoms. The summed E-state index contributed by atoms with van der Waals surface area (Å²) < 4.78 is 6.03. The van der Waals surface area contributed by atoms with Crippen molar-refractivity contribution in [2.24, 2.45) is 0 Å². The maximum atomic E-state index is 5.23. The highest BCUT2D eigenvalue weighted by atomic mass is 79.9. The van der Waals surface area contributed by atoms with E-state index >= 15 is 0 Å². The van der Waals surface area contributed by atoms with Gasteiger partial charge in [-0.3, -0.25) is 0 Å². The fourth-order valence-electron chi connectivity index (χ4n) is 1.41. The number of anilines is 1. The summed E-state index contributed by atoms with van der Waals surface area (Å²) in [5.41, 5.74) is 2.15. The van der Waals surface area contributed by atoms with E-state index in [9.17, 15) is 0 Å². The van der Waals surface area contributed by atoms with Gasteiger partial charge < -0.3 is 15.4 Å². The van der Waals surface area contributed by atoms with Gasteiger partial charge in [0.1, 0.15) is 0 Å². The van der Waals surface area contributed by atoms with Crippen LogP contribution in [-0.2, 0) is 4.74 Å². The lowest BCUT2D eigenvalue weighted by molar-refractivity contribution is 0.179. The van der Waals surface area contributed by atoms with Crippen molar-refractivity contribution in [2.45, 2.75) is 19.9 Å². The van der Waals surface area contributed by atoms with E-state index in [1.165, 1.54) is 5.56 Å². The number of hydrogen-bond acceptors (Lipinski definition) is 2. The lowest BCUT2D eigenvalue weighted by Crippen LogP contribution is -2.38. The second-order valence-electron chi connectivity index (χ2n) is 3.94. The molecule has 1 aromatic rings. The van der Waals surface area contributed by atoms with Gasteiger partial charge in [-0.1, -0.05) is 6.07 Å². The number of methoxy groups -OCH3 is 1. The van der Waals surface area contributed by atoms with E-state index in [2.05, 4.69) is 26.6 Å². The summed E-state index contributed by atoms with van der Waals surface area (Å²) in [5, 5.41) is 6.91. The van der Waals surface area contributed by atoms with Crippen molar-refractivity contribution in [3.05, 3.63) is 28.2 Å². The molecule has 1 atom stereocenters. The average molecular weight is 317 g/mol. The van der Waals surface area contributed by atoms with Crippen LogP contribution in [0.3, 0.4) is 0 Å². The molecule has 0 fully saturated rings. The lowest BCUT2D eigenvalue weighted by Gasteiger charge is -2.17. The molecule has 3 nitrogen and oxygen atoms in total. The van der Waals surface area contributed by atoms with Crippen LogP contribution in [0.5, 0.6) is 0 Å². The van der Waals surface area contributed by atoms with E-state index in [-0.39, 0.29) is 6.04 Å². The highest BCUT2D eigenvalue weighted by molar-refractivity contribution is 9.10. The Hall–Kier alpha value is -0.650. The topological polar surface area (TPSA) is 33.3 Å². The molecule has 1 rings (SSSR count). The minimum absolute atomic E-state index is 0.184. The van der Waals surface area contributed by atoms with Crippen LogP contribution in [0, 0.1) is 6.92 Å². The van der Waals surface area contributed by atoms with Gasteiger partial charge in [0.15, 0.2) is 5.11 Å². The van der Waals surface area contributed by atoms with Crippen LogP contribution in [0.2, 0.25) is 0 Å². The van der Waals surface area contributed by atoms with Crippen LogP contribution < -0.4 is 10.6 Å². The number of hydrogen-bond donors (Lipinski definition) is 2. The number of rotatable bonds is 4. The Morgan fingerprint density at radius 1 is 1.53 bits per heavy atom. The van der Waals surface area contributed by atoms with Gasteiger partial charge in [-0.15, -0.1) is 0 Å². The Bertz CT molecular complexity index is 398. The average Bonchev–Trinajstić information content (AvgIpc) is 2.23. The number of benzene rings is 1. The van der Waals surface area contributed by atoms with Crippen LogP contribution in [0.1, 0.15) is 12.5 Å². The van der Waals surface area contributed by atoms with E-state index < -0.39 is 0 Å². The molecule has 0 saturated heterocycles. The summed E-state index contributed by atoms with van der Waals surface area (Å²) in [6.45, 7) is 4.68. The molecule has 1 aromatic carbocycles. The number of ether oxygens (including phenoxy) is 1. The standard InChI is InChI=1S/C12H17BrN2OS/c1-8-4-5-10(13)11(6-8)15-12(17)14-9(2)7-16-3/h4-6,9H,7H2,1-3H3,(H2,14,15,17). The second kappa shape index (κ2) is 6.93. The third kappa shape index (κ3) is 5.02. The quantitative estimate of drug-likeness (QED) is 0.836. The summed E-state index contributed by atoms with van der Waals surface area (Å²) in [7, 11) is 1.67. The largest absolute Gasteiger partial charge is 0.383 e. The first-order valence-corrected chi connectivity index (χ1v) is 6.55. The van der Waals surface area contributed by atoms with Gasteiger partial charge in [0.25, 0.3) is 0 Å². The normalized spacial score (nSPS) is 12.0. The highest BCUT2D eigenvalue weighted by Gasteiger charge is 2.05. The van der Waals surface area contributed by atoms with Crippen LogP contribution in [0.25, 0.3) is 0 Å². The van der Waals surface area contributed by atoms with Crippen molar-refractivity contribution in [1.29, 1.82) is 0 Å². The van der Waals surface area contributed by atoms with E-state index in [0.29, 0.717) is 11.7 Å². The van der Waals surface area contributed by atoms with E-state index in [1.807, 2.05) is 32.0 Å². The molecule has 0 aliphatic carbocycles. The van der Waals surface area contributed by atoms with Crippen molar-refractivity contribution < 1.29 is 4.74 Å². The van der Waals surface area contributed by atoms with E-state index in [4.69, 9.17) is 17.0 Å². The van der Waals surface area contributed by atoms with Gasteiger partial charge in [0.05, 0.1) is 12.3 Å². The van der Waals surface area contributed by atoms with Crippen molar-refractivity contribution in [3.8, 4) is 0 Å². The van der Waals surface area contributed by atoms with Gasteiger partial charge in [-0.2, -0.15) is 0 Å². The van der Waals surface area contributed by atoms with Crippen LogP contribution >= 0.6 is 28.1 Å². The predicted molar refractivity (Wildman–Crippen MR) is 79.6 cm³/mol. The Morgan fingerprint density at radius 2 is 2.24 bits per heavy atom. The van der Waals surface area contributed by atoms with Gasteiger partial charge in [0.2, 0.25) is 0 Å². The summed E-state index contributed by atoms with van der Waals surface area (Å²) in [5.74, 6) is 0. The zero-order valence-electron chi connectivity index (χ0n) is 10.2. The number of thiocarbonyl (C=S) groups is 1. The third-order valence-electron chi connectivity index (χ3n) is 2.16. The molecule has 0 saturated carbocycles. The number of aryl methyl sites for hydroxylation is 1. The van der Waals surface area contributed by atoms with Crippen molar-refractivity contribution in [2.75, 3.05) is 19.0 Å². The molecule has 0 aromatic heterocycles. The smallest absolute Gasteiger partial charge is 0.171 e. The SMILES string of the molecule is COCC(C)NC(=S)Nc1cc(C)ccc1Br. The summed E-state index contributed by atoms with van der Waals surface area (Å²) in [4.78, 5) is 0. The molecule has 0 spiro atoms. The molecule has 94 valence electrons. The first-order valence-electron chi connectivity index (χ1n) is 5.35. The van der Waals surface area contributed by atoms with Crippen molar-refractivity contribution >= 4 is 38.9 Å². The second-order valence-corrected chi connectivity index (χ2v) is 5.20. The fourth-order valence-corrected chi connectivity index (χ4v) is 2.07. The first-order chi connectivity index (χ1) is 8.02. The van der Waals surface area contributed by atoms with Crippen LogP contribution in [0.15, 0.2) is 22.7 Å².